The summed E-state index contributed by atoms with van der Waals surface area (Å²) in [5.41, 5.74) is 0.950. The standard InChI is InChI=1S/C28H40NO8P/c1-18-21(19-12-6-3-7-13-19)36-38(31,29(18)2)37-26-24-22(32-27(34-24)14-8-4-9-15-27)20(30)23-25(26)35-28(33-23)16-10-5-11-17-28/h3,6-7,12-13,18,20-26,30H,4-5,8-11,14-17H2,1-2H3/t18-,20?,21-,22-,23+,24-,25-,26?,38+/m0/s1. The lowest BCUT2D eigenvalue weighted by Crippen LogP contribution is -2.62. The van der Waals surface area contributed by atoms with Gasteiger partial charge in [0.25, 0.3) is 0 Å². The molecule has 7 rings (SSSR count). The molecule has 1 N–H and O–H groups in total. The monoisotopic (exact) mass is 549 g/mol. The summed E-state index contributed by atoms with van der Waals surface area (Å²) >= 11 is 0. The molecule has 2 unspecified atom stereocenters. The second-order valence-electron chi connectivity index (χ2n) is 12.1. The molecule has 3 saturated heterocycles. The molecule has 9 atom stereocenters. The molecule has 3 aliphatic carbocycles. The van der Waals surface area contributed by atoms with Gasteiger partial charge in [-0.2, -0.15) is 0 Å². The molecule has 10 heteroatoms. The van der Waals surface area contributed by atoms with Crippen molar-refractivity contribution in [1.82, 2.24) is 4.67 Å². The van der Waals surface area contributed by atoms with Crippen LogP contribution < -0.4 is 0 Å². The van der Waals surface area contributed by atoms with Crippen LogP contribution in [0.4, 0.5) is 0 Å². The van der Waals surface area contributed by atoms with Gasteiger partial charge in [-0.25, -0.2) is 9.24 Å². The maximum Gasteiger partial charge on any atom is 0.409 e. The fourth-order valence-corrected chi connectivity index (χ4v) is 9.50. The Labute approximate surface area is 224 Å². The van der Waals surface area contributed by atoms with E-state index in [9.17, 15) is 9.67 Å². The Morgan fingerprint density at radius 2 is 1.34 bits per heavy atom. The number of rotatable bonds is 3. The van der Waals surface area contributed by atoms with E-state index in [0.717, 1.165) is 69.8 Å². The van der Waals surface area contributed by atoms with Gasteiger partial charge in [0.05, 0.1) is 0 Å². The molecule has 1 aromatic carbocycles. The topological polar surface area (TPSA) is 95.9 Å². The van der Waals surface area contributed by atoms with Gasteiger partial charge in [0.15, 0.2) is 11.6 Å². The maximum atomic E-state index is 14.4. The van der Waals surface area contributed by atoms with Crippen LogP contribution in [0, 0.1) is 0 Å². The Hall–Kier alpha value is -0.870. The first-order valence-electron chi connectivity index (χ1n) is 14.5. The molecule has 3 heterocycles. The van der Waals surface area contributed by atoms with Crippen molar-refractivity contribution in [1.29, 1.82) is 0 Å². The van der Waals surface area contributed by atoms with E-state index in [1.807, 2.05) is 37.3 Å². The van der Waals surface area contributed by atoms with Gasteiger partial charge in [-0.1, -0.05) is 43.2 Å². The predicted molar refractivity (Wildman–Crippen MR) is 137 cm³/mol. The Bertz CT molecular complexity index is 1020. The van der Waals surface area contributed by atoms with Crippen molar-refractivity contribution in [3.63, 3.8) is 0 Å². The molecule has 0 bridgehead atoms. The number of hydrogen-bond donors (Lipinski definition) is 1. The molecule has 1 aromatic rings. The van der Waals surface area contributed by atoms with Gasteiger partial charge in [-0.3, -0.25) is 9.05 Å². The SMILES string of the molecule is C[C@H]1[C@@H](c2ccccc2)O[P@@](=O)(OC2[C@H]3OC4(CCCCC4)O[C@@H]3C(O)[C@@H]3OC4(CCCCC4)O[C@H]23)N1C. The highest BCUT2D eigenvalue weighted by Crippen LogP contribution is 2.65. The number of aliphatic hydroxyl groups is 1. The highest BCUT2D eigenvalue weighted by atomic mass is 31.2. The number of hydrogen-bond acceptors (Lipinski definition) is 8. The van der Waals surface area contributed by atoms with E-state index in [2.05, 4.69) is 0 Å². The summed E-state index contributed by atoms with van der Waals surface area (Å²) < 4.78 is 55.3. The van der Waals surface area contributed by atoms with Crippen LogP contribution in [-0.4, -0.2) is 71.1 Å². The third-order valence-corrected chi connectivity index (χ3v) is 11.8. The van der Waals surface area contributed by atoms with E-state index in [1.54, 1.807) is 11.7 Å². The largest absolute Gasteiger partial charge is 0.409 e. The minimum atomic E-state index is -3.75. The smallest absolute Gasteiger partial charge is 0.387 e. The van der Waals surface area contributed by atoms with Gasteiger partial charge < -0.3 is 24.1 Å². The highest BCUT2D eigenvalue weighted by molar-refractivity contribution is 7.51. The molecule has 0 aromatic heterocycles. The number of fused-ring (bicyclic) bond motifs is 2. The van der Waals surface area contributed by atoms with Crippen LogP contribution in [0.15, 0.2) is 30.3 Å². The maximum absolute atomic E-state index is 14.4. The molecule has 0 radical (unpaired) electrons. The molecule has 6 aliphatic rings. The summed E-state index contributed by atoms with van der Waals surface area (Å²) in [6.07, 6.45) is 4.68. The lowest BCUT2D eigenvalue weighted by atomic mass is 9.85. The van der Waals surface area contributed by atoms with Crippen LogP contribution in [0.5, 0.6) is 0 Å². The van der Waals surface area contributed by atoms with Gasteiger partial charge in [-0.15, -0.1) is 0 Å². The van der Waals surface area contributed by atoms with Crippen molar-refractivity contribution in [2.24, 2.45) is 0 Å². The Morgan fingerprint density at radius 3 is 1.87 bits per heavy atom. The molecular weight excluding hydrogens is 509 g/mol. The molecule has 2 spiro atoms. The zero-order valence-corrected chi connectivity index (χ0v) is 23.2. The van der Waals surface area contributed by atoms with E-state index in [-0.39, 0.29) is 6.04 Å². The van der Waals surface area contributed by atoms with Crippen molar-refractivity contribution >= 4 is 7.75 Å². The Kier molecular flexibility index (Phi) is 6.59. The molecule has 9 nitrogen and oxygen atoms in total. The molecule has 210 valence electrons. The number of likely N-dealkylation sites (N-methyl/N-ethyl adjacent to an activating group) is 1. The van der Waals surface area contributed by atoms with Crippen molar-refractivity contribution < 1.29 is 37.7 Å². The fraction of sp³-hybridized carbons (Fsp3) is 0.786. The number of benzene rings is 1. The number of nitrogens with zero attached hydrogens (tertiary/aromatic N) is 1. The first kappa shape index (κ1) is 26.1. The second-order valence-corrected chi connectivity index (χ2v) is 14.0. The van der Waals surface area contributed by atoms with Gasteiger partial charge in [0, 0.05) is 31.7 Å². The third kappa shape index (κ3) is 4.16. The summed E-state index contributed by atoms with van der Waals surface area (Å²) in [5.74, 6) is -1.51. The van der Waals surface area contributed by atoms with Crippen LogP contribution in [-0.2, 0) is 32.6 Å². The number of aliphatic hydroxyl groups excluding tert-OH is 1. The minimum Gasteiger partial charge on any atom is -0.387 e. The summed E-state index contributed by atoms with van der Waals surface area (Å²) in [4.78, 5) is 0. The quantitative estimate of drug-likeness (QED) is 0.532. The minimum absolute atomic E-state index is 0.167. The zero-order valence-electron chi connectivity index (χ0n) is 22.3. The average Bonchev–Trinajstić information content (AvgIpc) is 3.56. The van der Waals surface area contributed by atoms with Crippen LogP contribution in [0.3, 0.4) is 0 Å². The van der Waals surface area contributed by atoms with Crippen LogP contribution in [0.2, 0.25) is 0 Å². The Morgan fingerprint density at radius 1 is 0.842 bits per heavy atom. The van der Waals surface area contributed by atoms with Crippen LogP contribution in [0.1, 0.15) is 82.8 Å². The van der Waals surface area contributed by atoms with Gasteiger partial charge in [-0.05, 0) is 45.2 Å². The first-order chi connectivity index (χ1) is 18.3. The van der Waals surface area contributed by atoms with E-state index < -0.39 is 62.0 Å². The van der Waals surface area contributed by atoms with E-state index in [0.29, 0.717) is 0 Å². The lowest BCUT2D eigenvalue weighted by Gasteiger charge is -2.41. The van der Waals surface area contributed by atoms with Gasteiger partial charge in [0.2, 0.25) is 0 Å². The summed E-state index contributed by atoms with van der Waals surface area (Å²) in [5, 5.41) is 11.5. The third-order valence-electron chi connectivity index (χ3n) is 9.65. The molecule has 38 heavy (non-hydrogen) atoms. The summed E-state index contributed by atoms with van der Waals surface area (Å²) in [6.45, 7) is 2.00. The first-order valence-corrected chi connectivity index (χ1v) is 16.0. The number of ether oxygens (including phenoxy) is 4. The van der Waals surface area contributed by atoms with Crippen molar-refractivity contribution in [3.05, 3.63) is 35.9 Å². The Balaban J connectivity index is 1.21. The average molecular weight is 550 g/mol. The van der Waals surface area contributed by atoms with Crippen molar-refractivity contribution in [2.75, 3.05) is 7.05 Å². The second kappa shape index (κ2) is 9.61. The normalized spacial score (nSPS) is 45.9. The summed E-state index contributed by atoms with van der Waals surface area (Å²) in [6, 6.07) is 9.65. The molecule has 0 amide bonds. The lowest BCUT2D eigenvalue weighted by molar-refractivity contribution is -0.223. The van der Waals surface area contributed by atoms with E-state index >= 15 is 0 Å². The molecule has 3 aliphatic heterocycles. The molecular formula is C28H40NO8P. The highest BCUT2D eigenvalue weighted by Gasteiger charge is 2.67. The predicted octanol–water partition coefficient (Wildman–Crippen LogP) is 4.83. The van der Waals surface area contributed by atoms with Gasteiger partial charge >= 0.3 is 7.75 Å². The summed E-state index contributed by atoms with van der Waals surface area (Å²) in [7, 11) is -1.97. The van der Waals surface area contributed by atoms with Gasteiger partial charge in [0.1, 0.15) is 42.7 Å². The molecule has 6 fully saturated rings. The van der Waals surface area contributed by atoms with Crippen LogP contribution in [0.25, 0.3) is 0 Å². The van der Waals surface area contributed by atoms with Crippen molar-refractivity contribution in [2.45, 2.75) is 131 Å². The van der Waals surface area contributed by atoms with Crippen LogP contribution >= 0.6 is 7.75 Å². The zero-order chi connectivity index (χ0) is 26.1. The van der Waals surface area contributed by atoms with E-state index in [4.69, 9.17) is 28.0 Å². The molecule has 3 saturated carbocycles. The fourth-order valence-electron chi connectivity index (χ4n) is 7.46. The van der Waals surface area contributed by atoms with Crippen molar-refractivity contribution in [3.8, 4) is 0 Å². The van der Waals surface area contributed by atoms with E-state index in [1.165, 1.54) is 0 Å².